The van der Waals surface area contributed by atoms with Crippen molar-refractivity contribution in [1.82, 2.24) is 0 Å². The van der Waals surface area contributed by atoms with Gasteiger partial charge in [0.1, 0.15) is 0 Å². The molecule has 6 nitrogen and oxygen atoms in total. The van der Waals surface area contributed by atoms with E-state index in [2.05, 4.69) is 0 Å². The van der Waals surface area contributed by atoms with Crippen LogP contribution in [0.5, 0.6) is 17.2 Å². The van der Waals surface area contributed by atoms with Gasteiger partial charge in [-0.1, -0.05) is 6.07 Å². The monoisotopic (exact) mass is 311 g/mol. The quantitative estimate of drug-likeness (QED) is 0.881. The number of carbonyl (C=O) groups is 1. The number of benzene rings is 1. The van der Waals surface area contributed by atoms with Gasteiger partial charge in [-0.2, -0.15) is 13.2 Å². The number of hydrogen-bond donors (Lipinski definition) is 2. The summed E-state index contributed by atoms with van der Waals surface area (Å²) in [4.78, 5) is 8.90. The smallest absolute Gasteiger partial charge is 0.490 e. The third-order valence-electron chi connectivity index (χ3n) is 2.25. The first-order valence-corrected chi connectivity index (χ1v) is 5.50. The minimum absolute atomic E-state index is 0.406. The number of methoxy groups -OCH3 is 3. The van der Waals surface area contributed by atoms with Crippen LogP contribution in [-0.2, 0) is 11.3 Å². The Labute approximate surface area is 119 Å². The van der Waals surface area contributed by atoms with Gasteiger partial charge >= 0.3 is 12.1 Å². The van der Waals surface area contributed by atoms with Crippen LogP contribution in [0.2, 0.25) is 0 Å². The second kappa shape index (κ2) is 8.20. The number of hydrogen-bond acceptors (Lipinski definition) is 5. The van der Waals surface area contributed by atoms with Crippen LogP contribution in [0.3, 0.4) is 0 Å². The highest BCUT2D eigenvalue weighted by Crippen LogP contribution is 2.39. The Morgan fingerprint density at radius 3 is 1.90 bits per heavy atom. The average molecular weight is 311 g/mol. The number of nitrogens with two attached hydrogens (primary N) is 1. The van der Waals surface area contributed by atoms with Crippen molar-refractivity contribution in [1.29, 1.82) is 0 Å². The number of halogens is 3. The van der Waals surface area contributed by atoms with Gasteiger partial charge in [0.25, 0.3) is 0 Å². The standard InChI is InChI=1S/C10H15NO3.C2HF3O2/c1-12-8-5-4-7(6-11)9(13-2)10(8)14-3;3-2(4,5)1(6)7/h4-5H,6,11H2,1-3H3;(H,6,7). The van der Waals surface area contributed by atoms with Gasteiger partial charge < -0.3 is 25.1 Å². The lowest BCUT2D eigenvalue weighted by Gasteiger charge is -2.14. The Hall–Kier alpha value is -2.16. The Kier molecular flexibility index (Phi) is 7.36. The lowest BCUT2D eigenvalue weighted by atomic mass is 10.1. The van der Waals surface area contributed by atoms with Crippen LogP contribution in [0.1, 0.15) is 5.56 Å². The molecule has 0 aliphatic carbocycles. The Morgan fingerprint density at radius 2 is 1.62 bits per heavy atom. The summed E-state index contributed by atoms with van der Waals surface area (Å²) in [7, 11) is 4.73. The van der Waals surface area contributed by atoms with Crippen LogP contribution in [-0.4, -0.2) is 38.6 Å². The van der Waals surface area contributed by atoms with Crippen LogP contribution in [0.4, 0.5) is 13.2 Å². The zero-order valence-electron chi connectivity index (χ0n) is 11.7. The second-order valence-corrected chi connectivity index (χ2v) is 3.50. The number of rotatable bonds is 4. The number of carboxylic acids is 1. The highest BCUT2D eigenvalue weighted by molar-refractivity contribution is 5.73. The van der Waals surface area contributed by atoms with Gasteiger partial charge in [-0.05, 0) is 6.07 Å². The molecule has 0 radical (unpaired) electrons. The summed E-state index contributed by atoms with van der Waals surface area (Å²) in [6.07, 6.45) is -5.08. The minimum atomic E-state index is -5.08. The molecule has 9 heteroatoms. The molecule has 0 spiro atoms. The van der Waals surface area contributed by atoms with E-state index in [1.165, 1.54) is 0 Å². The van der Waals surface area contributed by atoms with Crippen molar-refractivity contribution in [3.05, 3.63) is 17.7 Å². The molecule has 0 bridgehead atoms. The maximum atomic E-state index is 10.6. The summed E-state index contributed by atoms with van der Waals surface area (Å²) in [5, 5.41) is 7.12. The maximum absolute atomic E-state index is 10.6. The molecule has 0 aromatic heterocycles. The van der Waals surface area contributed by atoms with E-state index in [4.69, 9.17) is 29.8 Å². The summed E-state index contributed by atoms with van der Waals surface area (Å²) in [5.41, 5.74) is 6.46. The second-order valence-electron chi connectivity index (χ2n) is 3.50. The van der Waals surface area contributed by atoms with Gasteiger partial charge in [0.05, 0.1) is 21.3 Å². The maximum Gasteiger partial charge on any atom is 0.490 e. The van der Waals surface area contributed by atoms with E-state index >= 15 is 0 Å². The van der Waals surface area contributed by atoms with E-state index in [9.17, 15) is 13.2 Å². The van der Waals surface area contributed by atoms with Gasteiger partial charge in [0.2, 0.25) is 5.75 Å². The lowest BCUT2D eigenvalue weighted by Crippen LogP contribution is -2.21. The summed E-state index contributed by atoms with van der Waals surface area (Å²) >= 11 is 0. The number of aliphatic carboxylic acids is 1. The Morgan fingerprint density at radius 1 is 1.14 bits per heavy atom. The van der Waals surface area contributed by atoms with E-state index in [-0.39, 0.29) is 0 Å². The Bertz CT molecular complexity index is 446. The number of alkyl halides is 3. The largest absolute Gasteiger partial charge is 0.493 e. The molecule has 21 heavy (non-hydrogen) atoms. The molecule has 0 fully saturated rings. The predicted octanol–water partition coefficient (Wildman–Crippen LogP) is 1.80. The van der Waals surface area contributed by atoms with Gasteiger partial charge in [0.15, 0.2) is 11.5 Å². The zero-order valence-corrected chi connectivity index (χ0v) is 11.7. The van der Waals surface area contributed by atoms with Crippen LogP contribution in [0.25, 0.3) is 0 Å². The molecule has 1 rings (SSSR count). The molecule has 1 aromatic carbocycles. The van der Waals surface area contributed by atoms with E-state index in [1.807, 2.05) is 12.1 Å². The molecular formula is C12H16F3NO5. The van der Waals surface area contributed by atoms with Crippen LogP contribution >= 0.6 is 0 Å². The number of carboxylic acid groups (broad SMARTS) is 1. The molecule has 120 valence electrons. The fourth-order valence-electron chi connectivity index (χ4n) is 1.32. The number of ether oxygens (including phenoxy) is 3. The molecule has 0 aliphatic rings. The van der Waals surface area contributed by atoms with Gasteiger partial charge in [-0.25, -0.2) is 4.79 Å². The lowest BCUT2D eigenvalue weighted by molar-refractivity contribution is -0.192. The van der Waals surface area contributed by atoms with Gasteiger partial charge in [0, 0.05) is 12.1 Å². The van der Waals surface area contributed by atoms with E-state index < -0.39 is 12.1 Å². The molecule has 0 saturated carbocycles. The Balaban J connectivity index is 0.000000486. The first-order valence-electron chi connectivity index (χ1n) is 5.50. The SMILES string of the molecule is COc1ccc(CN)c(OC)c1OC.O=C(O)C(F)(F)F. The molecular weight excluding hydrogens is 295 g/mol. The molecule has 0 unspecified atom stereocenters. The predicted molar refractivity (Wildman–Crippen MR) is 67.7 cm³/mol. The molecule has 1 aromatic rings. The zero-order chi connectivity index (χ0) is 16.6. The van der Waals surface area contributed by atoms with E-state index in [0.717, 1.165) is 5.56 Å². The van der Waals surface area contributed by atoms with E-state index in [1.54, 1.807) is 21.3 Å². The average Bonchev–Trinajstić information content (AvgIpc) is 2.44. The molecule has 0 atom stereocenters. The van der Waals surface area contributed by atoms with Crippen molar-refractivity contribution in [3.8, 4) is 17.2 Å². The van der Waals surface area contributed by atoms with Crippen LogP contribution in [0.15, 0.2) is 12.1 Å². The molecule has 0 aliphatic heterocycles. The normalized spacial score (nSPS) is 10.2. The fourth-order valence-corrected chi connectivity index (χ4v) is 1.32. The van der Waals surface area contributed by atoms with Crippen molar-refractivity contribution in [2.45, 2.75) is 12.7 Å². The third kappa shape index (κ3) is 5.38. The van der Waals surface area contributed by atoms with Gasteiger partial charge in [-0.3, -0.25) is 0 Å². The van der Waals surface area contributed by atoms with Crippen LogP contribution in [0, 0.1) is 0 Å². The third-order valence-corrected chi connectivity index (χ3v) is 2.25. The highest BCUT2D eigenvalue weighted by atomic mass is 19.4. The first kappa shape index (κ1) is 18.8. The topological polar surface area (TPSA) is 91.0 Å². The van der Waals surface area contributed by atoms with Crippen molar-refractivity contribution >= 4 is 5.97 Å². The summed E-state index contributed by atoms with van der Waals surface area (Å²) in [6.45, 7) is 0.406. The van der Waals surface area contributed by atoms with Crippen molar-refractivity contribution < 1.29 is 37.3 Å². The minimum Gasteiger partial charge on any atom is -0.493 e. The summed E-state index contributed by atoms with van der Waals surface area (Å²) < 4.78 is 47.3. The van der Waals surface area contributed by atoms with Crippen molar-refractivity contribution in [2.75, 3.05) is 21.3 Å². The molecule has 0 saturated heterocycles. The molecule has 0 heterocycles. The van der Waals surface area contributed by atoms with Crippen LogP contribution < -0.4 is 19.9 Å². The molecule has 3 N–H and O–H groups in total. The fraction of sp³-hybridized carbons (Fsp3) is 0.417. The van der Waals surface area contributed by atoms with Crippen molar-refractivity contribution in [2.24, 2.45) is 5.73 Å². The summed E-state index contributed by atoms with van der Waals surface area (Å²) in [6, 6.07) is 3.67. The van der Waals surface area contributed by atoms with Gasteiger partial charge in [-0.15, -0.1) is 0 Å². The van der Waals surface area contributed by atoms with E-state index in [0.29, 0.717) is 23.8 Å². The summed E-state index contributed by atoms with van der Waals surface area (Å²) in [5.74, 6) is -0.902. The highest BCUT2D eigenvalue weighted by Gasteiger charge is 2.38. The van der Waals surface area contributed by atoms with Crippen molar-refractivity contribution in [3.63, 3.8) is 0 Å². The first-order chi connectivity index (χ1) is 9.72. The molecule has 0 amide bonds.